The third-order valence-electron chi connectivity index (χ3n) is 2.13. The topological polar surface area (TPSA) is 78.0 Å². The third-order valence-corrected chi connectivity index (χ3v) is 2.13. The van der Waals surface area contributed by atoms with Crippen molar-refractivity contribution in [2.24, 2.45) is 10.3 Å². The second-order valence-corrected chi connectivity index (χ2v) is 3.47. The van der Waals surface area contributed by atoms with Gasteiger partial charge in [0.15, 0.2) is 12.7 Å². The molecule has 0 saturated heterocycles. The molecule has 0 saturated carbocycles. The maximum absolute atomic E-state index is 9.26. The van der Waals surface area contributed by atoms with Crippen molar-refractivity contribution in [3.63, 3.8) is 0 Å². The number of aliphatic hydroxyl groups excluding tert-OH is 1. The summed E-state index contributed by atoms with van der Waals surface area (Å²) in [6.07, 6.45) is 7.89. The predicted octanol–water partition coefficient (Wildman–Crippen LogP) is 3.05. The molecule has 1 atom stereocenters. The van der Waals surface area contributed by atoms with E-state index in [0.29, 0.717) is 6.42 Å². The molecule has 0 aliphatic carbocycles. The minimum atomic E-state index is -0.818. The van der Waals surface area contributed by atoms with E-state index in [-0.39, 0.29) is 0 Å². The van der Waals surface area contributed by atoms with E-state index in [1.807, 2.05) is 0 Å². The Balaban J connectivity index is 3.19. The number of unbranched alkanes of at least 4 members (excludes halogenated alkanes) is 5. The summed E-state index contributed by atoms with van der Waals surface area (Å²) < 4.78 is 4.76. The van der Waals surface area contributed by atoms with Gasteiger partial charge in [0.2, 0.25) is 0 Å². The standard InChI is InChI=1S/C10H21N3O2/c1-2-3-4-5-6-7-8-10(14)15-9-12-13-11/h9-11,14H,2-8H2,1H3. The monoisotopic (exact) mass is 215 g/mol. The van der Waals surface area contributed by atoms with E-state index in [9.17, 15) is 5.11 Å². The Hall–Kier alpha value is -0.970. The van der Waals surface area contributed by atoms with Crippen molar-refractivity contribution in [3.8, 4) is 0 Å². The van der Waals surface area contributed by atoms with Gasteiger partial charge in [-0.05, 0) is 11.6 Å². The summed E-state index contributed by atoms with van der Waals surface area (Å²) in [6, 6.07) is 0. The fraction of sp³-hybridized carbons (Fsp3) is 0.900. The number of nitrogens with zero attached hydrogens (tertiary/aromatic N) is 2. The van der Waals surface area contributed by atoms with Gasteiger partial charge in [0.1, 0.15) is 0 Å². The van der Waals surface area contributed by atoms with Gasteiger partial charge in [0.05, 0.1) is 0 Å². The molecule has 0 spiro atoms. The molecule has 0 aliphatic rings. The lowest BCUT2D eigenvalue weighted by Gasteiger charge is -2.08. The van der Waals surface area contributed by atoms with E-state index in [2.05, 4.69) is 17.2 Å². The summed E-state index contributed by atoms with van der Waals surface area (Å²) in [7, 11) is 0. The average molecular weight is 215 g/mol. The van der Waals surface area contributed by atoms with Gasteiger partial charge < -0.3 is 9.84 Å². The van der Waals surface area contributed by atoms with Gasteiger partial charge in [-0.25, -0.2) is 0 Å². The molecule has 0 aliphatic heterocycles. The van der Waals surface area contributed by atoms with Crippen LogP contribution in [0.3, 0.4) is 0 Å². The summed E-state index contributed by atoms with van der Waals surface area (Å²) >= 11 is 0. The molecule has 0 radical (unpaired) electrons. The molecule has 0 heterocycles. The molecule has 0 aromatic heterocycles. The maximum Gasteiger partial charge on any atom is 0.200 e. The van der Waals surface area contributed by atoms with Crippen molar-refractivity contribution in [2.75, 3.05) is 0 Å². The second kappa shape index (κ2) is 11.1. The first-order chi connectivity index (χ1) is 7.31. The summed E-state index contributed by atoms with van der Waals surface area (Å²) in [5.41, 5.74) is 6.34. The molecule has 88 valence electrons. The number of hydrogen-bond donors (Lipinski definition) is 2. The Morgan fingerprint density at radius 2 is 1.93 bits per heavy atom. The van der Waals surface area contributed by atoms with Crippen LogP contribution in [-0.2, 0) is 4.74 Å². The van der Waals surface area contributed by atoms with E-state index in [0.717, 1.165) is 19.2 Å². The molecule has 2 N–H and O–H groups in total. The number of hydrogen-bond acceptors (Lipinski definition) is 4. The number of ether oxygens (including phenoxy) is 1. The van der Waals surface area contributed by atoms with E-state index < -0.39 is 6.29 Å². The van der Waals surface area contributed by atoms with Gasteiger partial charge in [-0.15, -0.1) is 5.10 Å². The molecule has 0 aromatic carbocycles. The molecular formula is C10H21N3O2. The fourth-order valence-electron chi connectivity index (χ4n) is 1.29. The van der Waals surface area contributed by atoms with Gasteiger partial charge in [-0.3, -0.25) is 0 Å². The molecule has 0 amide bonds. The number of aliphatic hydroxyl groups is 1. The highest BCUT2D eigenvalue weighted by Gasteiger charge is 2.01. The van der Waals surface area contributed by atoms with Crippen LogP contribution in [0.15, 0.2) is 10.3 Å². The van der Waals surface area contributed by atoms with E-state index in [1.165, 1.54) is 25.7 Å². The van der Waals surface area contributed by atoms with Gasteiger partial charge in [0.25, 0.3) is 0 Å². The van der Waals surface area contributed by atoms with Crippen LogP contribution in [0.1, 0.15) is 51.9 Å². The third kappa shape index (κ3) is 11.0. The lowest BCUT2D eigenvalue weighted by molar-refractivity contribution is -0.0297. The van der Waals surface area contributed by atoms with E-state index in [1.54, 1.807) is 0 Å². The SMILES string of the molecule is CCCCCCCCC(O)OC=NN=N. The second-order valence-electron chi connectivity index (χ2n) is 3.47. The van der Waals surface area contributed by atoms with Crippen molar-refractivity contribution in [3.05, 3.63) is 0 Å². The van der Waals surface area contributed by atoms with Gasteiger partial charge >= 0.3 is 0 Å². The molecule has 0 bridgehead atoms. The van der Waals surface area contributed by atoms with Crippen LogP contribution < -0.4 is 0 Å². The molecule has 0 rings (SSSR count). The summed E-state index contributed by atoms with van der Waals surface area (Å²) in [4.78, 5) is 0. The Labute approximate surface area is 91.0 Å². The van der Waals surface area contributed by atoms with Crippen molar-refractivity contribution in [2.45, 2.75) is 58.2 Å². The van der Waals surface area contributed by atoms with Crippen LogP contribution in [0.5, 0.6) is 0 Å². The van der Waals surface area contributed by atoms with Crippen molar-refractivity contribution >= 4 is 6.40 Å². The quantitative estimate of drug-likeness (QED) is 0.147. The largest absolute Gasteiger partial charge is 0.453 e. The van der Waals surface area contributed by atoms with Crippen LogP contribution in [0.25, 0.3) is 0 Å². The minimum Gasteiger partial charge on any atom is -0.453 e. The van der Waals surface area contributed by atoms with Gasteiger partial charge in [-0.2, -0.15) is 5.53 Å². The summed E-state index contributed by atoms with van der Waals surface area (Å²) in [6.45, 7) is 2.19. The first-order valence-corrected chi connectivity index (χ1v) is 5.53. The van der Waals surface area contributed by atoms with Crippen LogP contribution in [-0.4, -0.2) is 17.8 Å². The summed E-state index contributed by atoms with van der Waals surface area (Å²) in [5, 5.41) is 15.1. The number of nitrogens with one attached hydrogen (secondary N) is 1. The molecule has 5 heteroatoms. The Kier molecular flexibility index (Phi) is 10.4. The fourth-order valence-corrected chi connectivity index (χ4v) is 1.29. The zero-order valence-electron chi connectivity index (χ0n) is 9.35. The van der Waals surface area contributed by atoms with E-state index >= 15 is 0 Å². The zero-order valence-corrected chi connectivity index (χ0v) is 9.35. The first kappa shape index (κ1) is 14.0. The minimum absolute atomic E-state index is 0.607. The molecule has 0 aromatic rings. The smallest absolute Gasteiger partial charge is 0.200 e. The highest BCUT2D eigenvalue weighted by atomic mass is 16.6. The highest BCUT2D eigenvalue weighted by Crippen LogP contribution is 2.08. The van der Waals surface area contributed by atoms with Gasteiger partial charge in [0, 0.05) is 6.42 Å². The normalized spacial score (nSPS) is 12.9. The first-order valence-electron chi connectivity index (χ1n) is 5.53. The Morgan fingerprint density at radius 3 is 2.60 bits per heavy atom. The molecule has 1 unspecified atom stereocenters. The zero-order chi connectivity index (χ0) is 11.4. The highest BCUT2D eigenvalue weighted by molar-refractivity contribution is 5.45. The van der Waals surface area contributed by atoms with Crippen molar-refractivity contribution < 1.29 is 9.84 Å². The Bertz CT molecular complexity index is 174. The lowest BCUT2D eigenvalue weighted by Crippen LogP contribution is -2.10. The lowest BCUT2D eigenvalue weighted by atomic mass is 10.1. The Morgan fingerprint density at radius 1 is 1.27 bits per heavy atom. The summed E-state index contributed by atoms with van der Waals surface area (Å²) in [5.74, 6) is 0. The van der Waals surface area contributed by atoms with Crippen LogP contribution in [0.4, 0.5) is 0 Å². The van der Waals surface area contributed by atoms with E-state index in [4.69, 9.17) is 10.3 Å². The van der Waals surface area contributed by atoms with Gasteiger partial charge in [-0.1, -0.05) is 39.0 Å². The van der Waals surface area contributed by atoms with Crippen LogP contribution in [0.2, 0.25) is 0 Å². The number of rotatable bonds is 10. The molecule has 5 nitrogen and oxygen atoms in total. The predicted molar refractivity (Wildman–Crippen MR) is 58.7 cm³/mol. The average Bonchev–Trinajstić information content (AvgIpc) is 2.23. The molecular weight excluding hydrogens is 194 g/mol. The van der Waals surface area contributed by atoms with Crippen molar-refractivity contribution in [1.82, 2.24) is 0 Å². The van der Waals surface area contributed by atoms with Crippen molar-refractivity contribution in [1.29, 1.82) is 5.53 Å². The molecule has 0 fully saturated rings. The maximum atomic E-state index is 9.26. The molecule has 15 heavy (non-hydrogen) atoms. The van der Waals surface area contributed by atoms with Crippen LogP contribution >= 0.6 is 0 Å². The van der Waals surface area contributed by atoms with Crippen LogP contribution in [0, 0.1) is 5.53 Å².